The molecule has 0 rings (SSSR count). The summed E-state index contributed by atoms with van der Waals surface area (Å²) in [6, 6.07) is 0. The van der Waals surface area contributed by atoms with Crippen molar-refractivity contribution in [2.45, 2.75) is 72.0 Å². The molecule has 0 bridgehead atoms. The zero-order chi connectivity index (χ0) is 17.2. The number of allylic oxidation sites excluding steroid dienone is 5. The van der Waals surface area contributed by atoms with Crippen molar-refractivity contribution in [1.29, 1.82) is 0 Å². The van der Waals surface area contributed by atoms with Crippen molar-refractivity contribution in [1.82, 2.24) is 0 Å². The summed E-state index contributed by atoms with van der Waals surface area (Å²) >= 11 is 0. The molecule has 126 valence electrons. The van der Waals surface area contributed by atoms with Gasteiger partial charge in [0.2, 0.25) is 8.32 Å². The molecule has 3 heteroatoms. The summed E-state index contributed by atoms with van der Waals surface area (Å²) in [4.78, 5) is 11.9. The molecule has 0 aliphatic carbocycles. The Balaban J connectivity index is 4.11. The lowest BCUT2D eigenvalue weighted by atomic mass is 9.99. The van der Waals surface area contributed by atoms with Crippen LogP contribution in [0.25, 0.3) is 0 Å². The van der Waals surface area contributed by atoms with E-state index in [9.17, 15) is 4.79 Å². The standard InChI is InChI=1S/C19H34O2Si/c1-8-9-10-11-13-17(2)16-18(20)14-12-15-21-22(6,7)19(3,4)5/h8-12,15,17H,13-14,16H2,1-7H3/b9-8+,11-10+,15-12+. The summed E-state index contributed by atoms with van der Waals surface area (Å²) in [5.74, 6) is 0.672. The summed E-state index contributed by atoms with van der Waals surface area (Å²) in [7, 11) is -1.75. The minimum Gasteiger partial charge on any atom is -0.549 e. The van der Waals surface area contributed by atoms with Crippen LogP contribution in [0.1, 0.15) is 53.9 Å². The van der Waals surface area contributed by atoms with E-state index in [1.165, 1.54) is 0 Å². The van der Waals surface area contributed by atoms with Gasteiger partial charge in [-0.3, -0.25) is 4.79 Å². The Morgan fingerprint density at radius 1 is 1.18 bits per heavy atom. The lowest BCUT2D eigenvalue weighted by Crippen LogP contribution is -2.39. The molecule has 1 atom stereocenters. The highest BCUT2D eigenvalue weighted by atomic mass is 28.4. The van der Waals surface area contributed by atoms with Crippen molar-refractivity contribution in [3.63, 3.8) is 0 Å². The normalized spacial score (nSPS) is 15.0. The number of hydrogen-bond acceptors (Lipinski definition) is 2. The molecule has 0 aromatic carbocycles. The Kier molecular flexibility index (Phi) is 9.34. The van der Waals surface area contributed by atoms with E-state index in [4.69, 9.17) is 4.43 Å². The first-order valence-electron chi connectivity index (χ1n) is 8.22. The van der Waals surface area contributed by atoms with Gasteiger partial charge in [-0.25, -0.2) is 0 Å². The number of carbonyl (C=O) groups is 1. The molecule has 0 saturated heterocycles. The zero-order valence-electron chi connectivity index (χ0n) is 15.5. The van der Waals surface area contributed by atoms with Gasteiger partial charge in [0, 0.05) is 12.8 Å². The molecule has 0 aliphatic rings. The maximum absolute atomic E-state index is 11.9. The maximum atomic E-state index is 11.9. The fourth-order valence-electron chi connectivity index (χ4n) is 1.63. The first-order chi connectivity index (χ1) is 10.1. The third kappa shape index (κ3) is 9.03. The summed E-state index contributed by atoms with van der Waals surface area (Å²) in [6.07, 6.45) is 13.8. The van der Waals surface area contributed by atoms with E-state index in [0.717, 1.165) is 6.42 Å². The average molecular weight is 323 g/mol. The molecule has 0 aliphatic heterocycles. The number of rotatable bonds is 9. The Bertz CT molecular complexity index is 412. The van der Waals surface area contributed by atoms with Gasteiger partial charge in [0.05, 0.1) is 6.26 Å². The van der Waals surface area contributed by atoms with Crippen LogP contribution < -0.4 is 0 Å². The van der Waals surface area contributed by atoms with Crippen molar-refractivity contribution in [2.24, 2.45) is 5.92 Å². The molecule has 0 radical (unpaired) electrons. The molecule has 2 nitrogen and oxygen atoms in total. The van der Waals surface area contributed by atoms with Crippen LogP contribution in [0.2, 0.25) is 18.1 Å². The number of carbonyl (C=O) groups excluding carboxylic acids is 1. The van der Waals surface area contributed by atoms with E-state index in [0.29, 0.717) is 18.8 Å². The van der Waals surface area contributed by atoms with E-state index >= 15 is 0 Å². The Morgan fingerprint density at radius 2 is 1.82 bits per heavy atom. The molecule has 0 heterocycles. The van der Waals surface area contributed by atoms with Crippen LogP contribution in [0, 0.1) is 5.92 Å². The van der Waals surface area contributed by atoms with Gasteiger partial charge in [0.1, 0.15) is 5.78 Å². The molecule has 0 spiro atoms. The minimum absolute atomic E-state index is 0.190. The van der Waals surface area contributed by atoms with Gasteiger partial charge in [0.15, 0.2) is 0 Å². The summed E-state index contributed by atoms with van der Waals surface area (Å²) in [6.45, 7) is 15.2. The first-order valence-corrected chi connectivity index (χ1v) is 11.1. The summed E-state index contributed by atoms with van der Waals surface area (Å²) < 4.78 is 5.93. The number of ketones is 1. The predicted molar refractivity (Wildman–Crippen MR) is 99.4 cm³/mol. The third-order valence-corrected chi connectivity index (χ3v) is 8.50. The van der Waals surface area contributed by atoms with Crippen LogP contribution in [0.15, 0.2) is 36.6 Å². The van der Waals surface area contributed by atoms with Gasteiger partial charge in [-0.15, -0.1) is 0 Å². The number of Topliss-reactive ketones (excluding diaryl/α,β-unsaturated/α-hetero) is 1. The van der Waals surface area contributed by atoms with E-state index in [2.05, 4.69) is 46.9 Å². The smallest absolute Gasteiger partial charge is 0.249 e. The minimum atomic E-state index is -1.75. The molecule has 1 unspecified atom stereocenters. The number of hydrogen-bond donors (Lipinski definition) is 0. The highest BCUT2D eigenvalue weighted by Gasteiger charge is 2.37. The largest absolute Gasteiger partial charge is 0.549 e. The second-order valence-corrected chi connectivity index (χ2v) is 12.2. The SMILES string of the molecule is C/C=C/C=C/CC(C)CC(=O)C/C=C/O[Si](C)(C)C(C)(C)C. The van der Waals surface area contributed by atoms with Crippen LogP contribution in [0.4, 0.5) is 0 Å². The molecule has 0 fully saturated rings. The maximum Gasteiger partial charge on any atom is 0.249 e. The Hall–Kier alpha value is -1.09. The lowest BCUT2D eigenvalue weighted by Gasteiger charge is -2.34. The fraction of sp³-hybridized carbons (Fsp3) is 0.632. The van der Waals surface area contributed by atoms with Gasteiger partial charge >= 0.3 is 0 Å². The van der Waals surface area contributed by atoms with Gasteiger partial charge < -0.3 is 4.43 Å². The van der Waals surface area contributed by atoms with Crippen molar-refractivity contribution in [3.8, 4) is 0 Å². The van der Waals surface area contributed by atoms with Crippen molar-refractivity contribution in [3.05, 3.63) is 36.6 Å². The van der Waals surface area contributed by atoms with Crippen LogP contribution in [0.5, 0.6) is 0 Å². The predicted octanol–water partition coefficient (Wildman–Crippen LogP) is 6.03. The van der Waals surface area contributed by atoms with Crippen molar-refractivity contribution < 1.29 is 9.22 Å². The molecule has 0 aromatic heterocycles. The van der Waals surface area contributed by atoms with Crippen LogP contribution in [-0.4, -0.2) is 14.1 Å². The molecule has 0 saturated carbocycles. The summed E-state index contributed by atoms with van der Waals surface area (Å²) in [5, 5.41) is 0.190. The molecule has 0 amide bonds. The monoisotopic (exact) mass is 322 g/mol. The average Bonchev–Trinajstić information content (AvgIpc) is 2.38. The van der Waals surface area contributed by atoms with Gasteiger partial charge in [-0.1, -0.05) is 52.0 Å². The van der Waals surface area contributed by atoms with E-state index in [1.54, 1.807) is 6.26 Å². The van der Waals surface area contributed by atoms with Crippen LogP contribution >= 0.6 is 0 Å². The lowest BCUT2D eigenvalue weighted by molar-refractivity contribution is -0.119. The zero-order valence-corrected chi connectivity index (χ0v) is 16.5. The quantitative estimate of drug-likeness (QED) is 0.294. The van der Waals surface area contributed by atoms with Gasteiger partial charge in [0.25, 0.3) is 0 Å². The second kappa shape index (κ2) is 9.83. The molecular weight excluding hydrogens is 288 g/mol. The third-order valence-electron chi connectivity index (χ3n) is 4.16. The van der Waals surface area contributed by atoms with Crippen LogP contribution in [-0.2, 0) is 9.22 Å². The van der Waals surface area contributed by atoms with Gasteiger partial charge in [-0.05, 0) is 43.5 Å². The fourth-order valence-corrected chi connectivity index (χ4v) is 2.42. The van der Waals surface area contributed by atoms with Gasteiger partial charge in [-0.2, -0.15) is 0 Å². The molecule has 0 aromatic rings. The Labute approximate surface area is 138 Å². The van der Waals surface area contributed by atoms with E-state index in [1.807, 2.05) is 31.2 Å². The Morgan fingerprint density at radius 3 is 2.36 bits per heavy atom. The first kappa shape index (κ1) is 20.9. The second-order valence-electron chi connectivity index (χ2n) is 7.49. The highest BCUT2D eigenvalue weighted by molar-refractivity contribution is 6.74. The van der Waals surface area contributed by atoms with Crippen molar-refractivity contribution >= 4 is 14.1 Å². The molecule has 22 heavy (non-hydrogen) atoms. The van der Waals surface area contributed by atoms with E-state index in [-0.39, 0.29) is 10.8 Å². The molecule has 0 N–H and O–H groups in total. The highest BCUT2D eigenvalue weighted by Crippen LogP contribution is 2.36. The van der Waals surface area contributed by atoms with E-state index < -0.39 is 8.32 Å². The molecular formula is C19H34O2Si. The topological polar surface area (TPSA) is 26.3 Å². The summed E-state index contributed by atoms with van der Waals surface area (Å²) in [5.41, 5.74) is 0. The van der Waals surface area contributed by atoms with Crippen LogP contribution in [0.3, 0.4) is 0 Å². The van der Waals surface area contributed by atoms with Crippen molar-refractivity contribution in [2.75, 3.05) is 0 Å².